The molecule has 11 heteroatoms. The Morgan fingerprint density at radius 2 is 1.78 bits per heavy atom. The highest BCUT2D eigenvalue weighted by molar-refractivity contribution is 7.16. The number of halogens is 2. The van der Waals surface area contributed by atoms with Crippen molar-refractivity contribution < 1.29 is 9.59 Å². The number of likely N-dealkylation sites (tertiary alicyclic amines) is 1. The molecule has 3 aromatic rings. The van der Waals surface area contributed by atoms with Crippen LogP contribution in [0.2, 0.25) is 9.49 Å². The maximum Gasteiger partial charge on any atom is 0.254 e. The first-order valence-corrected chi connectivity index (χ1v) is 13.8. The maximum absolute atomic E-state index is 13.3. The van der Waals surface area contributed by atoms with Gasteiger partial charge in [0.25, 0.3) is 11.5 Å². The van der Waals surface area contributed by atoms with Crippen molar-refractivity contribution in [2.75, 3.05) is 25.0 Å². The van der Waals surface area contributed by atoms with Crippen molar-refractivity contribution in [2.45, 2.75) is 53.1 Å². The van der Waals surface area contributed by atoms with E-state index in [1.165, 1.54) is 26.7 Å². The van der Waals surface area contributed by atoms with Gasteiger partial charge in [-0.25, -0.2) is 0 Å². The number of carbonyl (C=O) groups is 2. The van der Waals surface area contributed by atoms with Gasteiger partial charge in [-0.05, 0) is 37.5 Å². The summed E-state index contributed by atoms with van der Waals surface area (Å²) in [5.74, 6) is 0.261. The molecule has 0 spiro atoms. The van der Waals surface area contributed by atoms with Gasteiger partial charge in [0.2, 0.25) is 5.91 Å². The average Bonchev–Trinajstić information content (AvgIpc) is 3.47. The summed E-state index contributed by atoms with van der Waals surface area (Å²) in [6, 6.07) is 8.53. The number of aromatic nitrogens is 3. The predicted molar refractivity (Wildman–Crippen MR) is 149 cm³/mol. The smallest absolute Gasteiger partial charge is 0.254 e. The summed E-state index contributed by atoms with van der Waals surface area (Å²) in [5.41, 5.74) is -0.139. The standard InChI is InChI=1S/C26H31Cl2N5O3S/c1-26(2,3)25(36)33-21(30(4)15-17-8-10-20(27)37-17)14-19(29-33)18-9-11-22(34)32(24(18)28)16-23(35)31-12-6-5-7-13-31/h8-11,14H,5-7,12-13,15-16H2,1-4H3. The van der Waals surface area contributed by atoms with Gasteiger partial charge in [0, 0.05) is 48.1 Å². The molecule has 8 nitrogen and oxygen atoms in total. The molecule has 0 radical (unpaired) electrons. The molecule has 1 aliphatic rings. The molecule has 3 aromatic heterocycles. The van der Waals surface area contributed by atoms with Gasteiger partial charge in [-0.15, -0.1) is 11.3 Å². The number of amides is 1. The third-order valence-corrected chi connectivity index (χ3v) is 7.96. The Kier molecular flexibility index (Phi) is 8.16. The molecular formula is C26H31Cl2N5O3S. The molecule has 0 aromatic carbocycles. The van der Waals surface area contributed by atoms with Crippen LogP contribution in [0, 0.1) is 5.41 Å². The van der Waals surface area contributed by atoms with Crippen LogP contribution in [0.15, 0.2) is 35.1 Å². The molecule has 198 valence electrons. The minimum Gasteiger partial charge on any atom is -0.354 e. The highest BCUT2D eigenvalue weighted by atomic mass is 35.5. The van der Waals surface area contributed by atoms with Gasteiger partial charge in [-0.1, -0.05) is 44.0 Å². The van der Waals surface area contributed by atoms with Gasteiger partial charge in [0.1, 0.15) is 17.5 Å². The molecular weight excluding hydrogens is 533 g/mol. The number of nitrogens with zero attached hydrogens (tertiary/aromatic N) is 5. The zero-order valence-electron chi connectivity index (χ0n) is 21.5. The highest BCUT2D eigenvalue weighted by Gasteiger charge is 2.29. The Balaban J connectivity index is 1.71. The van der Waals surface area contributed by atoms with Gasteiger partial charge in [-0.2, -0.15) is 9.78 Å². The fraction of sp³-hybridized carbons (Fsp3) is 0.462. The SMILES string of the molecule is CN(Cc1ccc(Cl)s1)c1cc(-c2ccc(=O)n(CC(=O)N3CCCCC3)c2Cl)nn1C(=O)C(C)(C)C. The van der Waals surface area contributed by atoms with Crippen molar-refractivity contribution in [1.82, 2.24) is 19.2 Å². The summed E-state index contributed by atoms with van der Waals surface area (Å²) in [6.45, 7) is 7.26. The number of anilines is 1. The van der Waals surface area contributed by atoms with Gasteiger partial charge < -0.3 is 9.80 Å². The van der Waals surface area contributed by atoms with Gasteiger partial charge in [-0.3, -0.25) is 19.0 Å². The van der Waals surface area contributed by atoms with Gasteiger partial charge >= 0.3 is 0 Å². The van der Waals surface area contributed by atoms with E-state index < -0.39 is 5.41 Å². The van der Waals surface area contributed by atoms with Gasteiger partial charge in [0.05, 0.1) is 16.6 Å². The molecule has 0 aliphatic carbocycles. The predicted octanol–water partition coefficient (Wildman–Crippen LogP) is 5.42. The second kappa shape index (κ2) is 11.0. The molecule has 37 heavy (non-hydrogen) atoms. The van der Waals surface area contributed by atoms with Crippen LogP contribution in [0.4, 0.5) is 5.82 Å². The van der Waals surface area contributed by atoms with E-state index in [0.29, 0.717) is 41.0 Å². The van der Waals surface area contributed by atoms with E-state index in [2.05, 4.69) is 5.10 Å². The Morgan fingerprint density at radius 1 is 1.08 bits per heavy atom. The molecule has 0 N–H and O–H groups in total. The molecule has 0 saturated carbocycles. The molecule has 4 heterocycles. The third kappa shape index (κ3) is 6.10. The maximum atomic E-state index is 13.3. The summed E-state index contributed by atoms with van der Waals surface area (Å²) in [5, 5.41) is 4.74. The summed E-state index contributed by atoms with van der Waals surface area (Å²) >= 11 is 14.3. The number of hydrogen-bond acceptors (Lipinski definition) is 6. The zero-order valence-corrected chi connectivity index (χ0v) is 23.8. The molecule has 0 unspecified atom stereocenters. The molecule has 1 fully saturated rings. The van der Waals surface area contributed by atoms with Crippen molar-refractivity contribution in [3.63, 3.8) is 0 Å². The lowest BCUT2D eigenvalue weighted by atomic mass is 9.96. The fourth-order valence-electron chi connectivity index (χ4n) is 4.27. The van der Waals surface area contributed by atoms with Crippen molar-refractivity contribution in [2.24, 2.45) is 5.41 Å². The molecule has 1 amide bonds. The first kappa shape index (κ1) is 27.4. The van der Waals surface area contributed by atoms with Crippen LogP contribution in [0.25, 0.3) is 11.3 Å². The monoisotopic (exact) mass is 563 g/mol. The van der Waals surface area contributed by atoms with Crippen molar-refractivity contribution in [3.8, 4) is 11.3 Å². The first-order valence-electron chi connectivity index (χ1n) is 12.2. The summed E-state index contributed by atoms with van der Waals surface area (Å²) < 4.78 is 3.35. The van der Waals surface area contributed by atoms with E-state index >= 15 is 0 Å². The van der Waals surface area contributed by atoms with Crippen LogP contribution in [-0.2, 0) is 17.9 Å². The lowest BCUT2D eigenvalue weighted by Crippen LogP contribution is -2.39. The van der Waals surface area contributed by atoms with Crippen LogP contribution in [0.5, 0.6) is 0 Å². The third-order valence-electron chi connectivity index (χ3n) is 6.33. The van der Waals surface area contributed by atoms with Crippen molar-refractivity contribution in [1.29, 1.82) is 0 Å². The number of hydrogen-bond donors (Lipinski definition) is 0. The number of pyridine rings is 1. The Labute approximate surface area is 230 Å². The van der Waals surface area contributed by atoms with Crippen LogP contribution in [-0.4, -0.2) is 51.2 Å². The van der Waals surface area contributed by atoms with E-state index in [9.17, 15) is 14.4 Å². The topological polar surface area (TPSA) is 80.4 Å². The molecule has 4 rings (SSSR count). The Morgan fingerprint density at radius 3 is 2.41 bits per heavy atom. The quantitative estimate of drug-likeness (QED) is 0.374. The summed E-state index contributed by atoms with van der Waals surface area (Å²) in [7, 11) is 1.88. The van der Waals surface area contributed by atoms with Crippen LogP contribution < -0.4 is 10.5 Å². The molecule has 1 saturated heterocycles. The van der Waals surface area contributed by atoms with Crippen molar-refractivity contribution >= 4 is 52.2 Å². The fourth-order valence-corrected chi connectivity index (χ4v) is 5.71. The molecule has 1 aliphatic heterocycles. The molecule has 0 bridgehead atoms. The lowest BCUT2D eigenvalue weighted by molar-refractivity contribution is -0.132. The number of rotatable bonds is 6. The molecule has 0 atom stereocenters. The second-order valence-corrected chi connectivity index (χ2v) is 12.5. The minimum atomic E-state index is -0.686. The number of thiophene rings is 1. The lowest BCUT2D eigenvalue weighted by Gasteiger charge is -2.27. The van der Waals surface area contributed by atoms with E-state index in [1.54, 1.807) is 17.0 Å². The van der Waals surface area contributed by atoms with E-state index in [0.717, 1.165) is 24.1 Å². The van der Waals surface area contributed by atoms with E-state index in [1.807, 2.05) is 44.9 Å². The zero-order chi connectivity index (χ0) is 26.9. The normalized spacial score (nSPS) is 14.2. The minimum absolute atomic E-state index is 0.116. The second-order valence-electron chi connectivity index (χ2n) is 10.3. The first-order chi connectivity index (χ1) is 17.5. The Hall–Kier alpha value is -2.62. The van der Waals surface area contributed by atoms with Crippen LogP contribution in [0.1, 0.15) is 49.7 Å². The van der Waals surface area contributed by atoms with Gasteiger partial charge in [0.15, 0.2) is 0 Å². The van der Waals surface area contributed by atoms with E-state index in [-0.39, 0.29) is 29.1 Å². The van der Waals surface area contributed by atoms with Crippen LogP contribution >= 0.6 is 34.5 Å². The average molecular weight is 565 g/mol. The summed E-state index contributed by atoms with van der Waals surface area (Å²) in [6.07, 6.45) is 3.02. The number of carbonyl (C=O) groups excluding carboxylic acids is 2. The van der Waals surface area contributed by atoms with Crippen molar-refractivity contribution in [3.05, 3.63) is 55.1 Å². The van der Waals surface area contributed by atoms with Crippen LogP contribution in [0.3, 0.4) is 0 Å². The largest absolute Gasteiger partial charge is 0.354 e. The number of piperidine rings is 1. The Bertz CT molecular complexity index is 1370. The highest BCUT2D eigenvalue weighted by Crippen LogP contribution is 2.32. The summed E-state index contributed by atoms with van der Waals surface area (Å²) in [4.78, 5) is 43.6. The van der Waals surface area contributed by atoms with E-state index in [4.69, 9.17) is 23.2 Å².